The van der Waals surface area contributed by atoms with Crippen LogP contribution in [-0.4, -0.2) is 35.4 Å². The quantitative estimate of drug-likeness (QED) is 0.288. The maximum absolute atomic E-state index is 4.49. The van der Waals surface area contributed by atoms with Gasteiger partial charge in [-0.25, -0.2) is 0 Å². The summed E-state index contributed by atoms with van der Waals surface area (Å²) >= 11 is 0. The van der Waals surface area contributed by atoms with Gasteiger partial charge < -0.3 is 10.6 Å². The van der Waals surface area contributed by atoms with Gasteiger partial charge in [-0.05, 0) is 51.5 Å². The monoisotopic (exact) mass is 449 g/mol. The van der Waals surface area contributed by atoms with E-state index in [1.165, 1.54) is 12.1 Å². The second-order valence-electron chi connectivity index (χ2n) is 7.65. The molecule has 0 bridgehead atoms. The van der Waals surface area contributed by atoms with Gasteiger partial charge in [0.25, 0.3) is 0 Å². The molecule has 0 fully saturated rings. The van der Waals surface area contributed by atoms with Crippen molar-refractivity contribution in [2.24, 2.45) is 10.4 Å². The van der Waals surface area contributed by atoms with Crippen LogP contribution in [0.25, 0.3) is 0 Å². The highest BCUT2D eigenvalue weighted by atomic mass is 127. The molecule has 6 heteroatoms. The Bertz CT molecular complexity index is 502. The topological polar surface area (TPSA) is 54.2 Å². The third kappa shape index (κ3) is 9.49. The Hall–Kier alpha value is -0.790. The molecule has 2 N–H and O–H groups in total. The number of aliphatic imine (C=N–C) groups is 1. The van der Waals surface area contributed by atoms with Crippen molar-refractivity contribution in [1.82, 2.24) is 20.4 Å². The molecule has 0 saturated carbocycles. The summed E-state index contributed by atoms with van der Waals surface area (Å²) in [6.07, 6.45) is 3.38. The number of aryl methyl sites for hydroxylation is 3. The van der Waals surface area contributed by atoms with Crippen LogP contribution in [0.1, 0.15) is 58.3 Å². The van der Waals surface area contributed by atoms with Gasteiger partial charge in [0.1, 0.15) is 0 Å². The van der Waals surface area contributed by atoms with Crippen LogP contribution in [0.4, 0.5) is 0 Å². The van der Waals surface area contributed by atoms with Gasteiger partial charge in [-0.15, -0.1) is 24.0 Å². The Kier molecular flexibility index (Phi) is 10.6. The lowest BCUT2D eigenvalue weighted by atomic mass is 9.89. The van der Waals surface area contributed by atoms with E-state index in [4.69, 9.17) is 0 Å². The molecule has 1 rings (SSSR count). The average molecular weight is 449 g/mol. The van der Waals surface area contributed by atoms with Gasteiger partial charge in [0.05, 0.1) is 5.69 Å². The minimum Gasteiger partial charge on any atom is -0.356 e. The molecule has 0 radical (unpaired) electrons. The van der Waals surface area contributed by atoms with Crippen molar-refractivity contribution < 1.29 is 0 Å². The molecule has 0 spiro atoms. The number of rotatable bonds is 7. The number of hydrogen-bond acceptors (Lipinski definition) is 2. The number of guanidine groups is 1. The SMILES string of the molecule is CN=C(NCCCn1nc(C)cc1C)NC(C)CCC(C)(C)C.I. The molecule has 24 heavy (non-hydrogen) atoms. The molecule has 1 aromatic rings. The lowest BCUT2D eigenvalue weighted by Crippen LogP contribution is -2.43. The Morgan fingerprint density at radius 1 is 1.33 bits per heavy atom. The zero-order valence-electron chi connectivity index (χ0n) is 16.4. The van der Waals surface area contributed by atoms with E-state index in [0.29, 0.717) is 11.5 Å². The summed E-state index contributed by atoms with van der Waals surface area (Å²) in [4.78, 5) is 4.31. The first kappa shape index (κ1) is 23.2. The number of nitrogens with zero attached hydrogens (tertiary/aromatic N) is 3. The molecular weight excluding hydrogens is 413 g/mol. The second kappa shape index (κ2) is 10.9. The van der Waals surface area contributed by atoms with Gasteiger partial charge in [0.15, 0.2) is 5.96 Å². The predicted octanol–water partition coefficient (Wildman–Crippen LogP) is 3.89. The van der Waals surface area contributed by atoms with Gasteiger partial charge in [-0.2, -0.15) is 5.10 Å². The van der Waals surface area contributed by atoms with Crippen molar-refractivity contribution in [2.75, 3.05) is 13.6 Å². The summed E-state index contributed by atoms with van der Waals surface area (Å²) in [7, 11) is 1.83. The van der Waals surface area contributed by atoms with Gasteiger partial charge >= 0.3 is 0 Å². The van der Waals surface area contributed by atoms with Crippen molar-refractivity contribution >= 4 is 29.9 Å². The van der Waals surface area contributed by atoms with Gasteiger partial charge in [-0.1, -0.05) is 20.8 Å². The van der Waals surface area contributed by atoms with Crippen molar-refractivity contribution in [3.05, 3.63) is 17.5 Å². The fourth-order valence-corrected chi connectivity index (χ4v) is 2.49. The average Bonchev–Trinajstić information content (AvgIpc) is 2.77. The maximum Gasteiger partial charge on any atom is 0.191 e. The fraction of sp³-hybridized carbons (Fsp3) is 0.778. The summed E-state index contributed by atoms with van der Waals surface area (Å²) in [6, 6.07) is 2.54. The number of nitrogens with one attached hydrogen (secondary N) is 2. The van der Waals surface area contributed by atoms with Crippen LogP contribution in [0.15, 0.2) is 11.1 Å². The van der Waals surface area contributed by atoms with Gasteiger partial charge in [-0.3, -0.25) is 9.67 Å². The lowest BCUT2D eigenvalue weighted by Gasteiger charge is -2.23. The van der Waals surface area contributed by atoms with Crippen LogP contribution >= 0.6 is 24.0 Å². The molecule has 0 aliphatic heterocycles. The molecule has 1 unspecified atom stereocenters. The smallest absolute Gasteiger partial charge is 0.191 e. The second-order valence-corrected chi connectivity index (χ2v) is 7.65. The molecule has 1 atom stereocenters. The molecule has 0 saturated heterocycles. The molecule has 0 aliphatic rings. The van der Waals surface area contributed by atoms with E-state index in [1.807, 2.05) is 14.0 Å². The molecule has 140 valence electrons. The van der Waals surface area contributed by atoms with Crippen LogP contribution in [0.3, 0.4) is 0 Å². The Morgan fingerprint density at radius 3 is 2.50 bits per heavy atom. The Labute approximate surface area is 165 Å². The number of halogens is 1. The van der Waals surface area contributed by atoms with Crippen LogP contribution < -0.4 is 10.6 Å². The molecule has 0 amide bonds. The Balaban J connectivity index is 0.00000529. The van der Waals surface area contributed by atoms with Crippen molar-refractivity contribution in [3.63, 3.8) is 0 Å². The third-order valence-electron chi connectivity index (χ3n) is 3.88. The Morgan fingerprint density at radius 2 is 2.00 bits per heavy atom. The molecule has 0 aromatic carbocycles. The molecule has 5 nitrogen and oxygen atoms in total. The zero-order valence-corrected chi connectivity index (χ0v) is 18.8. The fourth-order valence-electron chi connectivity index (χ4n) is 2.49. The third-order valence-corrected chi connectivity index (χ3v) is 3.88. The number of hydrogen-bond donors (Lipinski definition) is 2. The minimum atomic E-state index is 0. The first-order valence-corrected chi connectivity index (χ1v) is 8.69. The highest BCUT2D eigenvalue weighted by Gasteiger charge is 2.13. The first-order valence-electron chi connectivity index (χ1n) is 8.69. The largest absolute Gasteiger partial charge is 0.356 e. The summed E-state index contributed by atoms with van der Waals surface area (Å²) in [5.41, 5.74) is 2.69. The van der Waals surface area contributed by atoms with Crippen LogP contribution in [0, 0.1) is 19.3 Å². The predicted molar refractivity (Wildman–Crippen MR) is 114 cm³/mol. The molecular formula is C18H36IN5. The highest BCUT2D eigenvalue weighted by Crippen LogP contribution is 2.21. The standard InChI is InChI=1S/C18H35N5.HI/c1-14(9-10-18(4,5)6)21-17(19-7)20-11-8-12-23-16(3)13-15(2)22-23;/h13-14H,8-12H2,1-7H3,(H2,19,20,21);1H. The maximum atomic E-state index is 4.49. The van der Waals surface area contributed by atoms with E-state index in [1.54, 1.807) is 0 Å². The molecule has 0 aliphatic carbocycles. The van der Waals surface area contributed by atoms with E-state index in [9.17, 15) is 0 Å². The highest BCUT2D eigenvalue weighted by molar-refractivity contribution is 14.0. The van der Waals surface area contributed by atoms with Crippen LogP contribution in [0.2, 0.25) is 0 Å². The summed E-state index contributed by atoms with van der Waals surface area (Å²) < 4.78 is 2.07. The minimum absolute atomic E-state index is 0. The van der Waals surface area contributed by atoms with Gasteiger partial charge in [0.2, 0.25) is 0 Å². The first-order chi connectivity index (χ1) is 10.7. The zero-order chi connectivity index (χ0) is 17.5. The van der Waals surface area contributed by atoms with Crippen molar-refractivity contribution in [2.45, 2.75) is 73.4 Å². The van der Waals surface area contributed by atoms with E-state index < -0.39 is 0 Å². The summed E-state index contributed by atoms with van der Waals surface area (Å²) in [5, 5.41) is 11.3. The lowest BCUT2D eigenvalue weighted by molar-refractivity contribution is 0.346. The summed E-state index contributed by atoms with van der Waals surface area (Å²) in [6.45, 7) is 15.0. The van der Waals surface area contributed by atoms with Crippen molar-refractivity contribution in [1.29, 1.82) is 0 Å². The van der Waals surface area contributed by atoms with Crippen LogP contribution in [0.5, 0.6) is 0 Å². The van der Waals surface area contributed by atoms with E-state index in [0.717, 1.165) is 37.6 Å². The van der Waals surface area contributed by atoms with Crippen molar-refractivity contribution in [3.8, 4) is 0 Å². The van der Waals surface area contributed by atoms with E-state index >= 15 is 0 Å². The van der Waals surface area contributed by atoms with E-state index in [2.05, 4.69) is 66.1 Å². The van der Waals surface area contributed by atoms with Gasteiger partial charge in [0, 0.05) is 31.9 Å². The molecule has 1 aromatic heterocycles. The molecule has 1 heterocycles. The van der Waals surface area contributed by atoms with Crippen LogP contribution in [-0.2, 0) is 6.54 Å². The number of aromatic nitrogens is 2. The van der Waals surface area contributed by atoms with E-state index in [-0.39, 0.29) is 24.0 Å². The summed E-state index contributed by atoms with van der Waals surface area (Å²) in [5.74, 6) is 0.889. The normalized spacial score (nSPS) is 13.4.